The second-order valence-electron chi connectivity index (χ2n) is 5.04. The molecule has 0 radical (unpaired) electrons. The number of fused-ring (bicyclic) bond motifs is 1. The number of aryl methyl sites for hydroxylation is 1. The molecule has 2 rings (SSSR count). The number of benzene rings is 1. The molecule has 2 nitrogen and oxygen atoms in total. The average molecular weight is 248 g/mol. The maximum absolute atomic E-state index is 5.47. The summed E-state index contributed by atoms with van der Waals surface area (Å²) in [5, 5.41) is 0. The van der Waals surface area contributed by atoms with E-state index in [1.807, 2.05) is 0 Å². The maximum Gasteiger partial charge on any atom is 0.178 e. The Morgan fingerprint density at radius 1 is 1.35 bits per heavy atom. The van der Waals surface area contributed by atoms with Crippen molar-refractivity contribution >= 4 is 23.3 Å². The number of rotatable bonds is 3. The van der Waals surface area contributed by atoms with Gasteiger partial charge in [-0.2, -0.15) is 0 Å². The molecule has 0 aliphatic rings. The van der Waals surface area contributed by atoms with Crippen LogP contribution in [0.25, 0.3) is 11.0 Å². The van der Waals surface area contributed by atoms with Gasteiger partial charge in [0.1, 0.15) is 0 Å². The van der Waals surface area contributed by atoms with Gasteiger partial charge in [-0.1, -0.05) is 26.8 Å². The zero-order valence-corrected chi connectivity index (χ0v) is 11.8. The van der Waals surface area contributed by atoms with Crippen LogP contribution < -0.4 is 0 Å². The van der Waals surface area contributed by atoms with Crippen LogP contribution in [0.4, 0.5) is 0 Å². The van der Waals surface area contributed by atoms with Gasteiger partial charge in [-0.25, -0.2) is 0 Å². The normalized spacial score (nSPS) is 13.5. The molecule has 0 saturated carbocycles. The lowest BCUT2D eigenvalue weighted by molar-refractivity contribution is 0.370. The molecule has 17 heavy (non-hydrogen) atoms. The Morgan fingerprint density at radius 2 is 2.06 bits per heavy atom. The molecule has 0 amide bonds. The number of H-pyrrole nitrogens is 1. The topological polar surface area (TPSA) is 20.7 Å². The van der Waals surface area contributed by atoms with Gasteiger partial charge in [-0.3, -0.25) is 0 Å². The molecular weight excluding hydrogens is 228 g/mol. The Hall–Kier alpha value is -1.09. The molecule has 0 aliphatic heterocycles. The number of imidazole rings is 1. The van der Waals surface area contributed by atoms with Crippen molar-refractivity contribution in [3.63, 3.8) is 0 Å². The Balaban J connectivity index is 2.68. The van der Waals surface area contributed by atoms with E-state index >= 15 is 0 Å². The highest BCUT2D eigenvalue weighted by molar-refractivity contribution is 7.71. The fourth-order valence-electron chi connectivity index (χ4n) is 2.53. The highest BCUT2D eigenvalue weighted by Crippen LogP contribution is 2.27. The maximum atomic E-state index is 5.47. The minimum Gasteiger partial charge on any atom is -0.331 e. The molecule has 0 spiro atoms. The van der Waals surface area contributed by atoms with E-state index in [-0.39, 0.29) is 0 Å². The van der Waals surface area contributed by atoms with Gasteiger partial charge < -0.3 is 9.55 Å². The van der Waals surface area contributed by atoms with Crippen LogP contribution in [0.1, 0.15) is 38.8 Å². The predicted octanol–water partition coefficient (Wildman–Crippen LogP) is 4.61. The Morgan fingerprint density at radius 3 is 2.65 bits per heavy atom. The Kier molecular flexibility index (Phi) is 3.38. The lowest BCUT2D eigenvalue weighted by atomic mass is 10.0. The van der Waals surface area contributed by atoms with Crippen molar-refractivity contribution in [3.05, 3.63) is 28.5 Å². The summed E-state index contributed by atoms with van der Waals surface area (Å²) >= 11 is 5.47. The number of hydrogen-bond donors (Lipinski definition) is 1. The van der Waals surface area contributed by atoms with E-state index in [9.17, 15) is 0 Å². The predicted molar refractivity (Wildman–Crippen MR) is 76.0 cm³/mol. The lowest BCUT2D eigenvalue weighted by Crippen LogP contribution is -2.14. The molecule has 1 aromatic heterocycles. The monoisotopic (exact) mass is 248 g/mol. The van der Waals surface area contributed by atoms with Crippen molar-refractivity contribution < 1.29 is 0 Å². The van der Waals surface area contributed by atoms with Gasteiger partial charge in [0.05, 0.1) is 11.0 Å². The third kappa shape index (κ3) is 2.16. The summed E-state index contributed by atoms with van der Waals surface area (Å²) in [7, 11) is 0. The van der Waals surface area contributed by atoms with Crippen molar-refractivity contribution in [3.8, 4) is 0 Å². The number of nitrogens with one attached hydrogen (secondary N) is 1. The van der Waals surface area contributed by atoms with Crippen LogP contribution in [-0.4, -0.2) is 9.55 Å². The number of nitrogens with zero attached hydrogens (tertiary/aromatic N) is 1. The third-order valence-corrected chi connectivity index (χ3v) is 3.69. The summed E-state index contributed by atoms with van der Waals surface area (Å²) in [4.78, 5) is 3.32. The van der Waals surface area contributed by atoms with E-state index in [2.05, 4.69) is 55.4 Å². The van der Waals surface area contributed by atoms with Gasteiger partial charge in [0.15, 0.2) is 4.77 Å². The first kappa shape index (κ1) is 12.4. The van der Waals surface area contributed by atoms with E-state index in [4.69, 9.17) is 12.2 Å². The standard InChI is InChI=1S/C14H20N2S/c1-5-12(9(2)3)16-13-7-6-10(4)8-11(13)15-14(16)17/h6-9,12H,5H2,1-4H3,(H,15,17). The number of hydrogen-bond acceptors (Lipinski definition) is 1. The fraction of sp³-hybridized carbons (Fsp3) is 0.500. The van der Waals surface area contributed by atoms with Crippen molar-refractivity contribution in [1.29, 1.82) is 0 Å². The molecule has 2 aromatic rings. The Labute approximate surface area is 108 Å². The zero-order valence-electron chi connectivity index (χ0n) is 10.9. The SMILES string of the molecule is CCC(C(C)C)n1c(=S)[nH]c2cc(C)ccc21. The van der Waals surface area contributed by atoms with Gasteiger partial charge in [-0.15, -0.1) is 0 Å². The molecule has 1 atom stereocenters. The van der Waals surface area contributed by atoms with Gasteiger partial charge >= 0.3 is 0 Å². The Bertz CT molecular complexity index is 577. The number of aromatic amines is 1. The molecule has 1 aromatic carbocycles. The van der Waals surface area contributed by atoms with Gasteiger partial charge in [0.2, 0.25) is 0 Å². The molecule has 0 fully saturated rings. The van der Waals surface area contributed by atoms with Crippen molar-refractivity contribution in [2.75, 3.05) is 0 Å². The van der Waals surface area contributed by atoms with Gasteiger partial charge in [-0.05, 0) is 49.2 Å². The van der Waals surface area contributed by atoms with Gasteiger partial charge in [0.25, 0.3) is 0 Å². The second kappa shape index (κ2) is 4.65. The average Bonchev–Trinajstić information content (AvgIpc) is 2.55. The van der Waals surface area contributed by atoms with Gasteiger partial charge in [0, 0.05) is 6.04 Å². The van der Waals surface area contributed by atoms with Crippen molar-refractivity contribution in [1.82, 2.24) is 9.55 Å². The van der Waals surface area contributed by atoms with Crippen molar-refractivity contribution in [2.24, 2.45) is 5.92 Å². The summed E-state index contributed by atoms with van der Waals surface area (Å²) in [6.07, 6.45) is 1.10. The molecular formula is C14H20N2S. The largest absolute Gasteiger partial charge is 0.331 e. The first-order valence-corrected chi connectivity index (χ1v) is 6.66. The second-order valence-corrected chi connectivity index (χ2v) is 5.43. The van der Waals surface area contributed by atoms with Crippen molar-refractivity contribution in [2.45, 2.75) is 40.2 Å². The summed E-state index contributed by atoms with van der Waals surface area (Å²) in [6.45, 7) is 8.83. The summed E-state index contributed by atoms with van der Waals surface area (Å²) in [5.41, 5.74) is 3.63. The summed E-state index contributed by atoms with van der Waals surface area (Å²) in [5.74, 6) is 0.590. The first-order chi connectivity index (χ1) is 8.04. The molecule has 0 saturated heterocycles. The minimum atomic E-state index is 0.471. The fourth-order valence-corrected chi connectivity index (χ4v) is 2.87. The highest BCUT2D eigenvalue weighted by atomic mass is 32.1. The molecule has 1 N–H and O–H groups in total. The van der Waals surface area contributed by atoms with Crippen LogP contribution >= 0.6 is 12.2 Å². The molecule has 0 aliphatic carbocycles. The van der Waals surface area contributed by atoms with Crippen LogP contribution in [0.3, 0.4) is 0 Å². The van der Waals surface area contributed by atoms with E-state index in [0.29, 0.717) is 12.0 Å². The zero-order chi connectivity index (χ0) is 12.6. The third-order valence-electron chi connectivity index (χ3n) is 3.39. The minimum absolute atomic E-state index is 0.471. The molecule has 1 heterocycles. The molecule has 1 unspecified atom stereocenters. The smallest absolute Gasteiger partial charge is 0.178 e. The molecule has 0 bridgehead atoms. The van der Waals surface area contributed by atoms with E-state index < -0.39 is 0 Å². The lowest BCUT2D eigenvalue weighted by Gasteiger charge is -2.21. The van der Waals surface area contributed by atoms with Crippen LogP contribution in [0.2, 0.25) is 0 Å². The summed E-state index contributed by atoms with van der Waals surface area (Å²) < 4.78 is 3.11. The number of aromatic nitrogens is 2. The first-order valence-electron chi connectivity index (χ1n) is 6.25. The van der Waals surface area contributed by atoms with Crippen LogP contribution in [-0.2, 0) is 0 Å². The highest BCUT2D eigenvalue weighted by Gasteiger charge is 2.16. The van der Waals surface area contributed by atoms with E-state index in [1.54, 1.807) is 0 Å². The molecule has 3 heteroatoms. The van der Waals surface area contributed by atoms with E-state index in [1.165, 1.54) is 11.1 Å². The van der Waals surface area contributed by atoms with Crippen LogP contribution in [0, 0.1) is 17.6 Å². The quantitative estimate of drug-likeness (QED) is 0.786. The van der Waals surface area contributed by atoms with Crippen LogP contribution in [0.5, 0.6) is 0 Å². The summed E-state index contributed by atoms with van der Waals surface area (Å²) in [6, 6.07) is 6.95. The van der Waals surface area contributed by atoms with E-state index in [0.717, 1.165) is 16.7 Å². The molecule has 92 valence electrons. The van der Waals surface area contributed by atoms with Crippen LogP contribution in [0.15, 0.2) is 18.2 Å².